The molecular weight excluding hydrogens is 347 g/mol. The van der Waals surface area contributed by atoms with E-state index in [1.807, 2.05) is 29.8 Å². The molecule has 7 heteroatoms. The predicted molar refractivity (Wildman–Crippen MR) is 100.0 cm³/mol. The highest BCUT2D eigenvalue weighted by Crippen LogP contribution is 2.27. The van der Waals surface area contributed by atoms with Gasteiger partial charge in [-0.1, -0.05) is 5.16 Å². The van der Waals surface area contributed by atoms with E-state index in [0.717, 1.165) is 17.4 Å². The molecule has 1 amide bonds. The highest BCUT2D eigenvalue weighted by atomic mass is 19.1. The summed E-state index contributed by atoms with van der Waals surface area (Å²) in [4.78, 5) is 12.9. The Labute approximate surface area is 154 Å². The van der Waals surface area contributed by atoms with Gasteiger partial charge in [-0.3, -0.25) is 9.48 Å². The molecule has 0 aliphatic carbocycles. The second-order valence-electron chi connectivity index (χ2n) is 6.16. The Bertz CT molecular complexity index is 1130. The lowest BCUT2D eigenvalue weighted by Crippen LogP contribution is -2.13. The van der Waals surface area contributed by atoms with Crippen LogP contribution >= 0.6 is 0 Å². The predicted octanol–water partition coefficient (Wildman–Crippen LogP) is 4.41. The van der Waals surface area contributed by atoms with Gasteiger partial charge >= 0.3 is 0 Å². The largest absolute Gasteiger partial charge is 0.360 e. The van der Waals surface area contributed by atoms with E-state index >= 15 is 0 Å². The number of amides is 1. The third-order valence-corrected chi connectivity index (χ3v) is 4.41. The highest BCUT2D eigenvalue weighted by Gasteiger charge is 2.22. The van der Waals surface area contributed by atoms with Crippen molar-refractivity contribution < 1.29 is 13.7 Å². The van der Waals surface area contributed by atoms with Gasteiger partial charge in [0.1, 0.15) is 22.8 Å². The van der Waals surface area contributed by atoms with E-state index in [9.17, 15) is 9.18 Å². The molecule has 0 aliphatic rings. The average Bonchev–Trinajstić information content (AvgIpc) is 3.25. The van der Waals surface area contributed by atoms with Crippen LogP contribution in [0.5, 0.6) is 0 Å². The topological polar surface area (TPSA) is 73.0 Å². The molecule has 6 nitrogen and oxygen atoms in total. The number of fused-ring (bicyclic) bond motifs is 1. The summed E-state index contributed by atoms with van der Waals surface area (Å²) in [6.45, 7) is 4.41. The molecule has 1 N–H and O–H groups in total. The Morgan fingerprint density at radius 2 is 2.00 bits per heavy atom. The lowest BCUT2D eigenvalue weighted by molar-refractivity contribution is 0.102. The maximum Gasteiger partial charge on any atom is 0.261 e. The van der Waals surface area contributed by atoms with Crippen molar-refractivity contribution in [1.29, 1.82) is 0 Å². The summed E-state index contributed by atoms with van der Waals surface area (Å²) in [5.41, 5.74) is 2.90. The summed E-state index contributed by atoms with van der Waals surface area (Å²) in [5.74, 6) is -0.299. The summed E-state index contributed by atoms with van der Waals surface area (Å²) < 4.78 is 20.3. The van der Waals surface area contributed by atoms with Gasteiger partial charge in [-0.05, 0) is 56.3 Å². The number of aryl methyl sites for hydroxylation is 2. The van der Waals surface area contributed by atoms with Gasteiger partial charge in [0, 0.05) is 23.2 Å². The first kappa shape index (κ1) is 17.0. The zero-order valence-corrected chi connectivity index (χ0v) is 14.9. The van der Waals surface area contributed by atoms with Crippen LogP contribution in [0.4, 0.5) is 10.1 Å². The summed E-state index contributed by atoms with van der Waals surface area (Å²) in [6, 6.07) is 11.4. The van der Waals surface area contributed by atoms with Crippen molar-refractivity contribution in [1.82, 2.24) is 14.9 Å². The number of nitrogens with one attached hydrogen (secondary N) is 1. The molecular formula is C20H17FN4O2. The lowest BCUT2D eigenvalue weighted by Gasteiger charge is -2.07. The second-order valence-corrected chi connectivity index (χ2v) is 6.16. The molecule has 4 rings (SSSR count). The molecule has 0 unspecified atom stereocenters. The first-order valence-electron chi connectivity index (χ1n) is 8.56. The van der Waals surface area contributed by atoms with E-state index in [2.05, 4.69) is 15.6 Å². The Balaban J connectivity index is 1.67. The number of aromatic nitrogens is 3. The maximum atomic E-state index is 13.2. The molecule has 0 aliphatic heterocycles. The number of carbonyl (C=O) groups is 1. The quantitative estimate of drug-likeness (QED) is 0.582. The third-order valence-electron chi connectivity index (χ3n) is 4.41. The van der Waals surface area contributed by atoms with Crippen LogP contribution in [0.2, 0.25) is 0 Å². The summed E-state index contributed by atoms with van der Waals surface area (Å²) in [7, 11) is 0. The van der Waals surface area contributed by atoms with Crippen molar-refractivity contribution in [2.75, 3.05) is 5.32 Å². The number of hydrogen-bond acceptors (Lipinski definition) is 4. The van der Waals surface area contributed by atoms with E-state index in [-0.39, 0.29) is 11.7 Å². The van der Waals surface area contributed by atoms with Crippen molar-refractivity contribution in [2.24, 2.45) is 0 Å². The molecule has 2 heterocycles. The van der Waals surface area contributed by atoms with E-state index in [4.69, 9.17) is 4.52 Å². The summed E-state index contributed by atoms with van der Waals surface area (Å²) in [5, 5.41) is 12.2. The average molecular weight is 364 g/mol. The molecule has 2 aromatic carbocycles. The highest BCUT2D eigenvalue weighted by molar-refractivity contribution is 6.09. The number of carbonyl (C=O) groups excluding carboxylic acids is 1. The second kappa shape index (κ2) is 6.68. The van der Waals surface area contributed by atoms with Gasteiger partial charge in [0.25, 0.3) is 5.91 Å². The molecule has 4 aromatic rings. The molecule has 136 valence electrons. The minimum atomic E-state index is -0.356. The van der Waals surface area contributed by atoms with Crippen molar-refractivity contribution >= 4 is 22.5 Å². The Kier molecular flexibility index (Phi) is 4.19. The summed E-state index contributed by atoms with van der Waals surface area (Å²) in [6.07, 6.45) is 1.79. The van der Waals surface area contributed by atoms with Crippen molar-refractivity contribution in [2.45, 2.75) is 20.4 Å². The van der Waals surface area contributed by atoms with Crippen LogP contribution < -0.4 is 5.32 Å². The van der Waals surface area contributed by atoms with Gasteiger partial charge in [0.15, 0.2) is 0 Å². The van der Waals surface area contributed by atoms with E-state index < -0.39 is 0 Å². The van der Waals surface area contributed by atoms with Crippen LogP contribution in [0.3, 0.4) is 0 Å². The number of halogens is 1. The van der Waals surface area contributed by atoms with Crippen LogP contribution in [-0.2, 0) is 6.54 Å². The molecule has 0 fully saturated rings. The van der Waals surface area contributed by atoms with Gasteiger partial charge in [0.2, 0.25) is 0 Å². The van der Waals surface area contributed by atoms with Gasteiger partial charge < -0.3 is 9.84 Å². The van der Waals surface area contributed by atoms with Crippen LogP contribution in [0.25, 0.3) is 22.2 Å². The zero-order chi connectivity index (χ0) is 19.0. The minimum Gasteiger partial charge on any atom is -0.360 e. The van der Waals surface area contributed by atoms with Gasteiger partial charge in [-0.25, -0.2) is 4.39 Å². The molecule has 0 saturated heterocycles. The van der Waals surface area contributed by atoms with Crippen LogP contribution in [-0.4, -0.2) is 20.8 Å². The Morgan fingerprint density at radius 1 is 1.22 bits per heavy atom. The van der Waals surface area contributed by atoms with E-state index in [0.29, 0.717) is 28.3 Å². The third kappa shape index (κ3) is 3.08. The molecule has 2 aromatic heterocycles. The van der Waals surface area contributed by atoms with Crippen LogP contribution in [0.15, 0.2) is 53.2 Å². The zero-order valence-electron chi connectivity index (χ0n) is 14.9. The first-order valence-corrected chi connectivity index (χ1v) is 8.56. The van der Waals surface area contributed by atoms with Crippen molar-refractivity contribution in [3.63, 3.8) is 0 Å². The van der Waals surface area contributed by atoms with E-state index in [1.165, 1.54) is 12.1 Å². The number of nitrogens with zero attached hydrogens (tertiary/aromatic N) is 3. The number of anilines is 1. The number of hydrogen-bond donors (Lipinski definition) is 1. The molecule has 0 radical (unpaired) electrons. The van der Waals surface area contributed by atoms with Gasteiger partial charge in [0.05, 0.1) is 11.7 Å². The number of benzene rings is 2. The van der Waals surface area contributed by atoms with Gasteiger partial charge in [-0.2, -0.15) is 5.10 Å². The monoisotopic (exact) mass is 364 g/mol. The molecule has 0 spiro atoms. The molecule has 27 heavy (non-hydrogen) atoms. The first-order chi connectivity index (χ1) is 13.1. The van der Waals surface area contributed by atoms with Crippen LogP contribution in [0.1, 0.15) is 23.0 Å². The fourth-order valence-electron chi connectivity index (χ4n) is 3.04. The fraction of sp³-hybridized carbons (Fsp3) is 0.150. The lowest BCUT2D eigenvalue weighted by atomic mass is 10.1. The number of rotatable bonds is 4. The molecule has 0 saturated carbocycles. The smallest absolute Gasteiger partial charge is 0.261 e. The van der Waals surface area contributed by atoms with Crippen molar-refractivity contribution in [3.8, 4) is 11.3 Å². The van der Waals surface area contributed by atoms with Gasteiger partial charge in [-0.15, -0.1) is 0 Å². The molecule has 0 bridgehead atoms. The Morgan fingerprint density at radius 3 is 2.74 bits per heavy atom. The summed E-state index contributed by atoms with van der Waals surface area (Å²) >= 11 is 0. The van der Waals surface area contributed by atoms with Crippen molar-refractivity contribution in [3.05, 3.63) is 65.8 Å². The normalized spacial score (nSPS) is 11.1. The van der Waals surface area contributed by atoms with E-state index in [1.54, 1.807) is 25.3 Å². The molecule has 0 atom stereocenters. The minimum absolute atomic E-state index is 0.325. The standard InChI is InChI=1S/C20H17FN4O2/c1-3-25-17-10-16(9-6-14(17)11-22-25)23-20(26)18-12(2)27-24-19(18)13-4-7-15(21)8-5-13/h4-11H,3H2,1-2H3,(H,23,26). The SMILES string of the molecule is CCn1ncc2ccc(NC(=O)c3c(-c4ccc(F)cc4)noc3C)cc21. The Hall–Kier alpha value is -3.48. The van der Waals surface area contributed by atoms with Crippen LogP contribution in [0, 0.1) is 12.7 Å². The maximum absolute atomic E-state index is 13.2. The fourth-order valence-corrected chi connectivity index (χ4v) is 3.04.